The van der Waals surface area contributed by atoms with E-state index < -0.39 is 0 Å². The van der Waals surface area contributed by atoms with Crippen molar-refractivity contribution < 1.29 is 9.53 Å². The van der Waals surface area contributed by atoms with Crippen molar-refractivity contribution in [1.29, 1.82) is 0 Å². The summed E-state index contributed by atoms with van der Waals surface area (Å²) in [5.41, 5.74) is 6.57. The smallest absolute Gasteiger partial charge is 0.276 e. The summed E-state index contributed by atoms with van der Waals surface area (Å²) in [7, 11) is 1.76. The molecule has 0 bridgehead atoms. The van der Waals surface area contributed by atoms with Crippen LogP contribution >= 0.6 is 0 Å². The van der Waals surface area contributed by atoms with Crippen molar-refractivity contribution in [2.24, 2.45) is 13.0 Å². The summed E-state index contributed by atoms with van der Waals surface area (Å²) in [5, 5.41) is 4.12. The molecule has 2 heterocycles. The van der Waals surface area contributed by atoms with E-state index in [2.05, 4.69) is 5.10 Å². The van der Waals surface area contributed by atoms with Gasteiger partial charge in [0.05, 0.1) is 12.3 Å². The Balaban J connectivity index is 2.07. The number of amides is 1. The summed E-state index contributed by atoms with van der Waals surface area (Å²) in [6.07, 6.45) is 2.67. The molecule has 1 amide bonds. The Morgan fingerprint density at radius 2 is 2.50 bits per heavy atom. The SMILES string of the molecule is CCN(CC1CCOC1)C(=O)c1nn(C)cc1N. The Hall–Kier alpha value is -1.56. The number of aromatic nitrogens is 2. The van der Waals surface area contributed by atoms with Crippen LogP contribution in [0.3, 0.4) is 0 Å². The van der Waals surface area contributed by atoms with Crippen molar-refractivity contribution in [2.75, 3.05) is 32.0 Å². The van der Waals surface area contributed by atoms with Crippen LogP contribution in [0, 0.1) is 5.92 Å². The molecule has 0 spiro atoms. The average molecular weight is 252 g/mol. The maximum Gasteiger partial charge on any atom is 0.276 e. The van der Waals surface area contributed by atoms with Crippen LogP contribution in [-0.4, -0.2) is 46.9 Å². The second-order valence-corrected chi connectivity index (χ2v) is 4.68. The predicted molar refractivity (Wildman–Crippen MR) is 68.1 cm³/mol. The Bertz CT molecular complexity index is 424. The molecule has 1 aromatic rings. The maximum absolute atomic E-state index is 12.3. The molecular formula is C12H20N4O2. The first-order valence-corrected chi connectivity index (χ1v) is 6.28. The molecule has 1 aromatic heterocycles. The Morgan fingerprint density at radius 3 is 3.00 bits per heavy atom. The first kappa shape index (κ1) is 12.9. The largest absolute Gasteiger partial charge is 0.396 e. The molecule has 0 radical (unpaired) electrons. The highest BCUT2D eigenvalue weighted by molar-refractivity contribution is 5.97. The quantitative estimate of drug-likeness (QED) is 0.847. The number of anilines is 1. The second kappa shape index (κ2) is 5.39. The van der Waals surface area contributed by atoms with Gasteiger partial charge in [0.15, 0.2) is 5.69 Å². The zero-order chi connectivity index (χ0) is 13.1. The van der Waals surface area contributed by atoms with E-state index in [9.17, 15) is 4.79 Å². The molecule has 1 aliphatic rings. The highest BCUT2D eigenvalue weighted by Gasteiger charge is 2.24. The van der Waals surface area contributed by atoms with Gasteiger partial charge in [-0.25, -0.2) is 0 Å². The molecule has 2 N–H and O–H groups in total. The minimum Gasteiger partial charge on any atom is -0.396 e. The van der Waals surface area contributed by atoms with Crippen LogP contribution in [0.2, 0.25) is 0 Å². The van der Waals surface area contributed by atoms with Gasteiger partial charge in [0.25, 0.3) is 5.91 Å². The van der Waals surface area contributed by atoms with E-state index in [0.717, 1.165) is 19.6 Å². The fraction of sp³-hybridized carbons (Fsp3) is 0.667. The number of nitrogens with two attached hydrogens (primary N) is 1. The van der Waals surface area contributed by atoms with Crippen molar-refractivity contribution in [3.63, 3.8) is 0 Å². The number of carbonyl (C=O) groups excluding carboxylic acids is 1. The van der Waals surface area contributed by atoms with E-state index in [1.165, 1.54) is 0 Å². The van der Waals surface area contributed by atoms with E-state index in [1.807, 2.05) is 6.92 Å². The molecular weight excluding hydrogens is 232 g/mol. The van der Waals surface area contributed by atoms with Gasteiger partial charge in [0, 0.05) is 38.9 Å². The van der Waals surface area contributed by atoms with Gasteiger partial charge in [0.1, 0.15) is 0 Å². The Morgan fingerprint density at radius 1 is 1.72 bits per heavy atom. The molecule has 1 aliphatic heterocycles. The lowest BCUT2D eigenvalue weighted by molar-refractivity contribution is 0.0725. The molecule has 1 unspecified atom stereocenters. The topological polar surface area (TPSA) is 73.4 Å². The first-order valence-electron chi connectivity index (χ1n) is 6.28. The Kier molecular flexibility index (Phi) is 3.86. The monoisotopic (exact) mass is 252 g/mol. The molecule has 0 aliphatic carbocycles. The number of hydrogen-bond donors (Lipinski definition) is 1. The summed E-state index contributed by atoms with van der Waals surface area (Å²) >= 11 is 0. The number of nitrogens with zero attached hydrogens (tertiary/aromatic N) is 3. The molecule has 1 atom stereocenters. The number of ether oxygens (including phenoxy) is 1. The van der Waals surface area contributed by atoms with Crippen molar-refractivity contribution >= 4 is 11.6 Å². The van der Waals surface area contributed by atoms with E-state index in [0.29, 0.717) is 30.4 Å². The highest BCUT2D eigenvalue weighted by atomic mass is 16.5. The molecule has 18 heavy (non-hydrogen) atoms. The maximum atomic E-state index is 12.3. The summed E-state index contributed by atoms with van der Waals surface area (Å²) in [5.74, 6) is 0.335. The van der Waals surface area contributed by atoms with Crippen LogP contribution in [0.5, 0.6) is 0 Å². The summed E-state index contributed by atoms with van der Waals surface area (Å²) in [4.78, 5) is 14.1. The molecule has 1 fully saturated rings. The van der Waals surface area contributed by atoms with Gasteiger partial charge < -0.3 is 15.4 Å². The fourth-order valence-corrected chi connectivity index (χ4v) is 2.22. The summed E-state index contributed by atoms with van der Waals surface area (Å²) < 4.78 is 6.90. The standard InChI is InChI=1S/C12H20N4O2/c1-3-16(6-9-4-5-18-8-9)12(17)11-10(13)7-15(2)14-11/h7,9H,3-6,8,13H2,1-2H3. The third-order valence-electron chi connectivity index (χ3n) is 3.23. The number of hydrogen-bond acceptors (Lipinski definition) is 4. The molecule has 2 rings (SSSR count). The summed E-state index contributed by atoms with van der Waals surface area (Å²) in [6.45, 7) is 4.87. The molecule has 0 saturated carbocycles. The molecule has 0 aromatic carbocycles. The molecule has 6 heteroatoms. The van der Waals surface area contributed by atoms with Crippen LogP contribution in [-0.2, 0) is 11.8 Å². The normalized spacial score (nSPS) is 19.1. The van der Waals surface area contributed by atoms with E-state index in [-0.39, 0.29) is 5.91 Å². The molecule has 1 saturated heterocycles. The van der Waals surface area contributed by atoms with Gasteiger partial charge in [-0.3, -0.25) is 9.48 Å². The molecule has 100 valence electrons. The van der Waals surface area contributed by atoms with Gasteiger partial charge in [-0.1, -0.05) is 0 Å². The van der Waals surface area contributed by atoms with E-state index >= 15 is 0 Å². The fourth-order valence-electron chi connectivity index (χ4n) is 2.22. The third-order valence-corrected chi connectivity index (χ3v) is 3.23. The lowest BCUT2D eigenvalue weighted by atomic mass is 10.1. The first-order chi connectivity index (χ1) is 8.61. The number of aryl methyl sites for hydroxylation is 1. The van der Waals surface area contributed by atoms with E-state index in [1.54, 1.807) is 22.8 Å². The van der Waals surface area contributed by atoms with Gasteiger partial charge in [-0.15, -0.1) is 0 Å². The van der Waals surface area contributed by atoms with Crippen LogP contribution in [0.4, 0.5) is 5.69 Å². The van der Waals surface area contributed by atoms with Crippen LogP contribution in [0.1, 0.15) is 23.8 Å². The lowest BCUT2D eigenvalue weighted by Crippen LogP contribution is -2.36. The van der Waals surface area contributed by atoms with Crippen molar-refractivity contribution in [3.05, 3.63) is 11.9 Å². The minimum atomic E-state index is -0.0949. The zero-order valence-corrected chi connectivity index (χ0v) is 10.9. The van der Waals surface area contributed by atoms with Crippen molar-refractivity contribution in [1.82, 2.24) is 14.7 Å². The number of rotatable bonds is 4. The van der Waals surface area contributed by atoms with Gasteiger partial charge in [-0.05, 0) is 13.3 Å². The van der Waals surface area contributed by atoms with Gasteiger partial charge in [-0.2, -0.15) is 5.10 Å². The van der Waals surface area contributed by atoms with Crippen molar-refractivity contribution in [3.8, 4) is 0 Å². The Labute approximate surface area is 107 Å². The number of nitrogen functional groups attached to an aromatic ring is 1. The average Bonchev–Trinajstić information content (AvgIpc) is 2.95. The van der Waals surface area contributed by atoms with Crippen LogP contribution in [0.15, 0.2) is 6.20 Å². The van der Waals surface area contributed by atoms with E-state index in [4.69, 9.17) is 10.5 Å². The van der Waals surface area contributed by atoms with Gasteiger partial charge >= 0.3 is 0 Å². The number of carbonyl (C=O) groups is 1. The summed E-state index contributed by atoms with van der Waals surface area (Å²) in [6, 6.07) is 0. The zero-order valence-electron chi connectivity index (χ0n) is 10.9. The second-order valence-electron chi connectivity index (χ2n) is 4.68. The van der Waals surface area contributed by atoms with Crippen LogP contribution < -0.4 is 5.73 Å². The predicted octanol–water partition coefficient (Wildman–Crippen LogP) is 0.501. The third kappa shape index (κ3) is 2.64. The molecule has 6 nitrogen and oxygen atoms in total. The van der Waals surface area contributed by atoms with Crippen molar-refractivity contribution in [2.45, 2.75) is 13.3 Å². The van der Waals surface area contributed by atoms with Crippen LogP contribution in [0.25, 0.3) is 0 Å². The highest BCUT2D eigenvalue weighted by Crippen LogP contribution is 2.17. The van der Waals surface area contributed by atoms with Gasteiger partial charge in [0.2, 0.25) is 0 Å². The minimum absolute atomic E-state index is 0.0949. The lowest BCUT2D eigenvalue weighted by Gasteiger charge is -2.23.